The maximum atomic E-state index is 12.0. The van der Waals surface area contributed by atoms with Crippen molar-refractivity contribution < 1.29 is 4.79 Å². The minimum absolute atomic E-state index is 0.249. The second-order valence-corrected chi connectivity index (χ2v) is 5.56. The van der Waals surface area contributed by atoms with Crippen LogP contribution in [0.1, 0.15) is 24.8 Å². The van der Waals surface area contributed by atoms with Gasteiger partial charge in [0.05, 0.1) is 0 Å². The van der Waals surface area contributed by atoms with E-state index in [4.69, 9.17) is 11.6 Å². The summed E-state index contributed by atoms with van der Waals surface area (Å²) >= 11 is 6.00. The monoisotopic (exact) mass is 292 g/mol. The van der Waals surface area contributed by atoms with Crippen LogP contribution in [0.15, 0.2) is 36.9 Å². The molecule has 4 heteroatoms. The number of benzene rings is 1. The van der Waals surface area contributed by atoms with Crippen molar-refractivity contribution in [2.24, 2.45) is 0 Å². The Morgan fingerprint density at radius 3 is 3.10 bits per heavy atom. The second-order valence-electron chi connectivity index (χ2n) is 5.13. The molecule has 1 fully saturated rings. The van der Waals surface area contributed by atoms with Crippen LogP contribution in [0.5, 0.6) is 0 Å². The van der Waals surface area contributed by atoms with E-state index >= 15 is 0 Å². The lowest BCUT2D eigenvalue weighted by Gasteiger charge is -2.25. The Morgan fingerprint density at radius 1 is 1.50 bits per heavy atom. The minimum Gasteiger partial charge on any atom is -0.335 e. The zero-order chi connectivity index (χ0) is 14.4. The molecule has 1 unspecified atom stereocenters. The number of likely N-dealkylation sites (tertiary alicyclic amines) is 1. The summed E-state index contributed by atoms with van der Waals surface area (Å²) in [7, 11) is 0. The Hall–Kier alpha value is -1.32. The van der Waals surface area contributed by atoms with Crippen molar-refractivity contribution in [1.82, 2.24) is 10.2 Å². The molecule has 1 heterocycles. The largest absolute Gasteiger partial charge is 0.335 e. The molecule has 1 aliphatic rings. The number of hydrogen-bond donors (Lipinski definition) is 1. The van der Waals surface area contributed by atoms with Crippen LogP contribution < -0.4 is 5.32 Å². The van der Waals surface area contributed by atoms with Gasteiger partial charge in [0.25, 0.3) is 0 Å². The fourth-order valence-corrected chi connectivity index (χ4v) is 2.83. The zero-order valence-corrected chi connectivity index (χ0v) is 12.4. The normalized spacial score (nSPS) is 18.6. The van der Waals surface area contributed by atoms with Gasteiger partial charge in [0.2, 0.25) is 5.91 Å². The van der Waals surface area contributed by atoms with E-state index in [0.717, 1.165) is 36.5 Å². The highest BCUT2D eigenvalue weighted by molar-refractivity contribution is 6.30. The van der Waals surface area contributed by atoms with Gasteiger partial charge in [-0.1, -0.05) is 29.8 Å². The topological polar surface area (TPSA) is 32.3 Å². The molecule has 1 aromatic carbocycles. The third-order valence-electron chi connectivity index (χ3n) is 3.64. The molecule has 2 rings (SSSR count). The molecule has 0 bridgehead atoms. The molecule has 1 saturated heterocycles. The van der Waals surface area contributed by atoms with E-state index < -0.39 is 0 Å². The molecular weight excluding hydrogens is 272 g/mol. The van der Waals surface area contributed by atoms with Gasteiger partial charge in [-0.25, -0.2) is 0 Å². The predicted octanol–water partition coefficient (Wildman–Crippen LogP) is 3.00. The standard InChI is InChI=1S/C16H21ClN2O/c1-2-9-18-10-8-15-6-7-16(20)19(15)12-13-4-3-5-14(17)11-13/h2-5,11,15,18H,1,6-10,12H2. The quantitative estimate of drug-likeness (QED) is 0.619. The fourth-order valence-electron chi connectivity index (χ4n) is 2.62. The number of halogens is 1. The minimum atomic E-state index is 0.249. The maximum absolute atomic E-state index is 12.0. The van der Waals surface area contributed by atoms with E-state index in [0.29, 0.717) is 19.0 Å². The SMILES string of the molecule is C=CCNCCC1CCC(=O)N1Cc1cccc(Cl)c1. The Morgan fingerprint density at radius 2 is 2.35 bits per heavy atom. The van der Waals surface area contributed by atoms with Crippen molar-refractivity contribution in [1.29, 1.82) is 0 Å². The summed E-state index contributed by atoms with van der Waals surface area (Å²) in [4.78, 5) is 14.0. The fraction of sp³-hybridized carbons (Fsp3) is 0.438. The van der Waals surface area contributed by atoms with E-state index in [9.17, 15) is 4.79 Å². The molecule has 0 saturated carbocycles. The molecule has 3 nitrogen and oxygen atoms in total. The van der Waals surface area contributed by atoms with Gasteiger partial charge < -0.3 is 10.2 Å². The first-order valence-electron chi connectivity index (χ1n) is 7.06. The Kier molecular flexibility index (Phi) is 5.62. The number of nitrogens with zero attached hydrogens (tertiary/aromatic N) is 1. The van der Waals surface area contributed by atoms with Crippen LogP contribution in [0.3, 0.4) is 0 Å². The third kappa shape index (κ3) is 4.09. The van der Waals surface area contributed by atoms with Crippen LogP contribution in [0.2, 0.25) is 5.02 Å². The average molecular weight is 293 g/mol. The predicted molar refractivity (Wildman–Crippen MR) is 82.7 cm³/mol. The lowest BCUT2D eigenvalue weighted by Crippen LogP contribution is -2.34. The average Bonchev–Trinajstić information content (AvgIpc) is 2.76. The second kappa shape index (κ2) is 7.46. The number of nitrogens with one attached hydrogen (secondary N) is 1. The summed E-state index contributed by atoms with van der Waals surface area (Å²) in [5.74, 6) is 0.249. The van der Waals surface area contributed by atoms with Crippen LogP contribution in [-0.2, 0) is 11.3 Å². The molecule has 108 valence electrons. The molecule has 20 heavy (non-hydrogen) atoms. The number of carbonyl (C=O) groups is 1. The summed E-state index contributed by atoms with van der Waals surface area (Å²) in [6.07, 6.45) is 4.45. The molecule has 0 spiro atoms. The van der Waals surface area contributed by atoms with Crippen LogP contribution in [-0.4, -0.2) is 29.9 Å². The molecule has 0 aliphatic carbocycles. The molecule has 1 aromatic rings. The van der Waals surface area contributed by atoms with E-state index in [1.54, 1.807) is 0 Å². The Bertz CT molecular complexity index is 475. The third-order valence-corrected chi connectivity index (χ3v) is 3.87. The summed E-state index contributed by atoms with van der Waals surface area (Å²) in [6, 6.07) is 8.07. The van der Waals surface area contributed by atoms with Crippen molar-refractivity contribution in [2.75, 3.05) is 13.1 Å². The van der Waals surface area contributed by atoms with Gasteiger partial charge in [-0.05, 0) is 37.1 Å². The van der Waals surface area contributed by atoms with Crippen molar-refractivity contribution in [2.45, 2.75) is 31.8 Å². The summed E-state index contributed by atoms with van der Waals surface area (Å²) in [5.41, 5.74) is 1.09. The lowest BCUT2D eigenvalue weighted by molar-refractivity contribution is -0.129. The van der Waals surface area contributed by atoms with Gasteiger partial charge >= 0.3 is 0 Å². The molecule has 1 atom stereocenters. The summed E-state index contributed by atoms with van der Waals surface area (Å²) in [5, 5.41) is 4.01. The number of hydrogen-bond acceptors (Lipinski definition) is 2. The number of rotatable bonds is 7. The van der Waals surface area contributed by atoms with Crippen molar-refractivity contribution >= 4 is 17.5 Å². The van der Waals surface area contributed by atoms with E-state index in [-0.39, 0.29) is 5.91 Å². The van der Waals surface area contributed by atoms with Gasteiger partial charge in [0.15, 0.2) is 0 Å². The Balaban J connectivity index is 1.92. The van der Waals surface area contributed by atoms with E-state index in [2.05, 4.69) is 11.9 Å². The summed E-state index contributed by atoms with van der Waals surface area (Å²) in [6.45, 7) is 6.07. The lowest BCUT2D eigenvalue weighted by atomic mass is 10.1. The molecule has 1 N–H and O–H groups in total. The smallest absolute Gasteiger partial charge is 0.223 e. The Labute approximate surface area is 125 Å². The zero-order valence-electron chi connectivity index (χ0n) is 11.6. The molecule has 0 radical (unpaired) electrons. The van der Waals surface area contributed by atoms with Gasteiger partial charge in [-0.3, -0.25) is 4.79 Å². The van der Waals surface area contributed by atoms with Crippen molar-refractivity contribution in [3.8, 4) is 0 Å². The van der Waals surface area contributed by atoms with Crippen molar-refractivity contribution in [3.63, 3.8) is 0 Å². The molecule has 0 aromatic heterocycles. The summed E-state index contributed by atoms with van der Waals surface area (Å²) < 4.78 is 0. The van der Waals surface area contributed by atoms with Crippen LogP contribution in [0, 0.1) is 0 Å². The van der Waals surface area contributed by atoms with Crippen LogP contribution in [0.4, 0.5) is 0 Å². The number of amides is 1. The first kappa shape index (κ1) is 15.1. The highest BCUT2D eigenvalue weighted by Crippen LogP contribution is 2.24. The highest BCUT2D eigenvalue weighted by atomic mass is 35.5. The van der Waals surface area contributed by atoms with Gasteiger partial charge in [-0.2, -0.15) is 0 Å². The molecule has 1 amide bonds. The highest BCUT2D eigenvalue weighted by Gasteiger charge is 2.30. The van der Waals surface area contributed by atoms with Gasteiger partial charge in [-0.15, -0.1) is 6.58 Å². The van der Waals surface area contributed by atoms with Gasteiger partial charge in [0, 0.05) is 30.6 Å². The van der Waals surface area contributed by atoms with Crippen LogP contribution in [0.25, 0.3) is 0 Å². The van der Waals surface area contributed by atoms with Crippen molar-refractivity contribution in [3.05, 3.63) is 47.5 Å². The number of carbonyl (C=O) groups excluding carboxylic acids is 1. The van der Waals surface area contributed by atoms with Crippen LogP contribution >= 0.6 is 11.6 Å². The van der Waals surface area contributed by atoms with E-state index in [1.807, 2.05) is 35.2 Å². The first-order chi connectivity index (χ1) is 9.70. The van der Waals surface area contributed by atoms with Gasteiger partial charge in [0.1, 0.15) is 0 Å². The molecular formula is C16H21ClN2O. The molecule has 1 aliphatic heterocycles. The van der Waals surface area contributed by atoms with E-state index in [1.165, 1.54) is 0 Å². The maximum Gasteiger partial charge on any atom is 0.223 e. The first-order valence-corrected chi connectivity index (χ1v) is 7.44.